The molecule has 2 rings (SSSR count). The molecule has 5 heteroatoms. The maximum absolute atomic E-state index is 11.4. The van der Waals surface area contributed by atoms with Crippen molar-refractivity contribution >= 4 is 27.5 Å². The van der Waals surface area contributed by atoms with E-state index in [1.54, 1.807) is 0 Å². The molecule has 0 aliphatic carbocycles. The minimum atomic E-state index is -0.184. The Morgan fingerprint density at radius 2 is 2.33 bits per heavy atom. The van der Waals surface area contributed by atoms with Gasteiger partial charge in [0.25, 0.3) is 0 Å². The van der Waals surface area contributed by atoms with Crippen LogP contribution >= 0.6 is 15.9 Å². The van der Waals surface area contributed by atoms with E-state index >= 15 is 0 Å². The Morgan fingerprint density at radius 1 is 1.57 bits per heavy atom. The normalized spacial score (nSPS) is 20.3. The third-order valence-electron chi connectivity index (χ3n) is 4.15. The third-order valence-corrected chi connectivity index (χ3v) is 4.84. The van der Waals surface area contributed by atoms with Crippen molar-refractivity contribution in [3.63, 3.8) is 0 Å². The lowest BCUT2D eigenvalue weighted by molar-refractivity contribution is -0.122. The smallest absolute Gasteiger partial charge is 0.222 e. The fourth-order valence-electron chi connectivity index (χ4n) is 2.92. The molecule has 4 nitrogen and oxygen atoms in total. The second kappa shape index (κ2) is 7.27. The Balaban J connectivity index is 2.14. The molecule has 1 aromatic rings. The summed E-state index contributed by atoms with van der Waals surface area (Å²) in [7, 11) is 0. The van der Waals surface area contributed by atoms with Crippen molar-refractivity contribution < 1.29 is 4.79 Å². The van der Waals surface area contributed by atoms with Gasteiger partial charge in [-0.3, -0.25) is 4.79 Å². The fourth-order valence-corrected chi connectivity index (χ4v) is 3.63. The Labute approximate surface area is 135 Å². The maximum atomic E-state index is 11.4. The molecule has 2 unspecified atom stereocenters. The summed E-state index contributed by atoms with van der Waals surface area (Å²) in [4.78, 5) is 13.6. The van der Waals surface area contributed by atoms with Gasteiger partial charge in [0.2, 0.25) is 5.91 Å². The Bertz CT molecular complexity index is 506. The third kappa shape index (κ3) is 3.98. The van der Waals surface area contributed by atoms with Crippen LogP contribution in [0.3, 0.4) is 0 Å². The minimum Gasteiger partial charge on any atom is -0.371 e. The zero-order chi connectivity index (χ0) is 15.4. The first-order valence-electron chi connectivity index (χ1n) is 7.60. The Hall–Kier alpha value is -1.07. The molecule has 1 aliphatic heterocycles. The van der Waals surface area contributed by atoms with Gasteiger partial charge in [0.15, 0.2) is 0 Å². The number of nitrogens with two attached hydrogens (primary N) is 1. The van der Waals surface area contributed by atoms with Crippen LogP contribution in [0.15, 0.2) is 22.7 Å². The summed E-state index contributed by atoms with van der Waals surface area (Å²) >= 11 is 3.67. The van der Waals surface area contributed by atoms with E-state index < -0.39 is 0 Å². The molecule has 1 amide bonds. The number of anilines is 1. The number of hydrogen-bond donors (Lipinski definition) is 2. The van der Waals surface area contributed by atoms with Crippen LogP contribution < -0.4 is 16.0 Å². The van der Waals surface area contributed by atoms with Crippen molar-refractivity contribution in [1.82, 2.24) is 5.32 Å². The van der Waals surface area contributed by atoms with Crippen LogP contribution in [0.1, 0.15) is 38.3 Å². The topological polar surface area (TPSA) is 58.4 Å². The van der Waals surface area contributed by atoms with E-state index in [0.717, 1.165) is 42.6 Å². The lowest BCUT2D eigenvalue weighted by Gasteiger charge is -2.33. The standard InChI is InChI=1S/C16H24BrN3O/c1-3-19-11(2)14-7-6-13(9-15(14)17)20-8-4-5-12(10-20)16(18)21/h6-7,9,11-12,19H,3-5,8,10H2,1-2H3,(H2,18,21). The number of carbonyl (C=O) groups is 1. The van der Waals surface area contributed by atoms with Gasteiger partial charge in [-0.05, 0) is 44.0 Å². The van der Waals surface area contributed by atoms with Crippen LogP contribution in [0.2, 0.25) is 0 Å². The summed E-state index contributed by atoms with van der Waals surface area (Å²) in [5.74, 6) is -0.214. The molecule has 1 fully saturated rings. The van der Waals surface area contributed by atoms with Crippen LogP contribution in [-0.4, -0.2) is 25.5 Å². The molecule has 21 heavy (non-hydrogen) atoms. The molecule has 1 heterocycles. The zero-order valence-corrected chi connectivity index (χ0v) is 14.3. The highest BCUT2D eigenvalue weighted by atomic mass is 79.9. The molecule has 3 N–H and O–H groups in total. The van der Waals surface area contributed by atoms with Crippen LogP contribution in [0.4, 0.5) is 5.69 Å². The van der Waals surface area contributed by atoms with Crippen molar-refractivity contribution in [2.75, 3.05) is 24.5 Å². The van der Waals surface area contributed by atoms with Gasteiger partial charge in [0.05, 0.1) is 5.92 Å². The van der Waals surface area contributed by atoms with Gasteiger partial charge in [0, 0.05) is 29.3 Å². The number of piperidine rings is 1. The largest absolute Gasteiger partial charge is 0.371 e. The van der Waals surface area contributed by atoms with Crippen molar-refractivity contribution in [1.29, 1.82) is 0 Å². The van der Waals surface area contributed by atoms with Crippen molar-refractivity contribution in [2.24, 2.45) is 11.7 Å². The summed E-state index contributed by atoms with van der Waals surface area (Å²) in [6, 6.07) is 6.75. The number of benzene rings is 1. The second-order valence-electron chi connectivity index (χ2n) is 5.67. The van der Waals surface area contributed by atoms with Crippen molar-refractivity contribution in [3.05, 3.63) is 28.2 Å². The summed E-state index contributed by atoms with van der Waals surface area (Å²) in [6.45, 7) is 6.92. The van der Waals surface area contributed by atoms with Gasteiger partial charge in [-0.2, -0.15) is 0 Å². The predicted octanol–water partition coefficient (Wildman–Crippen LogP) is 2.82. The molecular formula is C16H24BrN3O. The molecule has 1 aromatic carbocycles. The van der Waals surface area contributed by atoms with E-state index in [4.69, 9.17) is 5.73 Å². The average Bonchev–Trinajstić information content (AvgIpc) is 2.47. The van der Waals surface area contributed by atoms with Gasteiger partial charge in [-0.1, -0.05) is 28.9 Å². The number of nitrogens with one attached hydrogen (secondary N) is 1. The molecule has 0 bridgehead atoms. The fraction of sp³-hybridized carbons (Fsp3) is 0.562. The number of primary amides is 1. The number of rotatable bonds is 5. The first-order valence-corrected chi connectivity index (χ1v) is 8.39. The molecule has 116 valence electrons. The lowest BCUT2D eigenvalue weighted by Crippen LogP contribution is -2.41. The van der Waals surface area contributed by atoms with Crippen molar-refractivity contribution in [3.8, 4) is 0 Å². The minimum absolute atomic E-state index is 0.0297. The van der Waals surface area contributed by atoms with E-state index in [0.29, 0.717) is 6.04 Å². The van der Waals surface area contributed by atoms with Crippen LogP contribution in [0.25, 0.3) is 0 Å². The quantitative estimate of drug-likeness (QED) is 0.855. The predicted molar refractivity (Wildman–Crippen MR) is 90.4 cm³/mol. The van der Waals surface area contributed by atoms with Crippen LogP contribution in [0.5, 0.6) is 0 Å². The number of halogens is 1. The SMILES string of the molecule is CCNC(C)c1ccc(N2CCCC(C(N)=O)C2)cc1Br. The Morgan fingerprint density at radius 3 is 2.95 bits per heavy atom. The molecule has 0 aromatic heterocycles. The molecule has 1 aliphatic rings. The second-order valence-corrected chi connectivity index (χ2v) is 6.53. The van der Waals surface area contributed by atoms with Gasteiger partial charge in [-0.15, -0.1) is 0 Å². The van der Waals surface area contributed by atoms with E-state index in [2.05, 4.69) is 58.2 Å². The highest BCUT2D eigenvalue weighted by Crippen LogP contribution is 2.30. The molecule has 2 atom stereocenters. The van der Waals surface area contributed by atoms with E-state index in [9.17, 15) is 4.79 Å². The monoisotopic (exact) mass is 353 g/mol. The highest BCUT2D eigenvalue weighted by molar-refractivity contribution is 9.10. The summed E-state index contributed by atoms with van der Waals surface area (Å²) in [5, 5.41) is 3.42. The molecular weight excluding hydrogens is 330 g/mol. The highest BCUT2D eigenvalue weighted by Gasteiger charge is 2.24. The zero-order valence-electron chi connectivity index (χ0n) is 12.7. The summed E-state index contributed by atoms with van der Waals surface area (Å²) in [6.07, 6.45) is 1.92. The van der Waals surface area contributed by atoms with E-state index in [-0.39, 0.29) is 11.8 Å². The van der Waals surface area contributed by atoms with E-state index in [1.807, 2.05) is 0 Å². The average molecular weight is 354 g/mol. The summed E-state index contributed by atoms with van der Waals surface area (Å²) in [5.41, 5.74) is 7.86. The number of hydrogen-bond acceptors (Lipinski definition) is 3. The molecule has 0 radical (unpaired) electrons. The maximum Gasteiger partial charge on any atom is 0.222 e. The number of amides is 1. The Kier molecular flexibility index (Phi) is 5.65. The van der Waals surface area contributed by atoms with Crippen LogP contribution in [0, 0.1) is 5.92 Å². The lowest BCUT2D eigenvalue weighted by atomic mass is 9.97. The number of carbonyl (C=O) groups excluding carboxylic acids is 1. The molecule has 1 saturated heterocycles. The van der Waals surface area contributed by atoms with Gasteiger partial charge >= 0.3 is 0 Å². The van der Waals surface area contributed by atoms with Crippen LogP contribution in [-0.2, 0) is 4.79 Å². The first-order chi connectivity index (χ1) is 10.0. The first kappa shape index (κ1) is 16.3. The summed E-state index contributed by atoms with van der Waals surface area (Å²) < 4.78 is 1.11. The number of nitrogens with zero attached hydrogens (tertiary/aromatic N) is 1. The van der Waals surface area contributed by atoms with Crippen molar-refractivity contribution in [2.45, 2.75) is 32.7 Å². The van der Waals surface area contributed by atoms with Gasteiger partial charge < -0.3 is 16.0 Å². The van der Waals surface area contributed by atoms with Gasteiger partial charge in [0.1, 0.15) is 0 Å². The molecule has 0 saturated carbocycles. The molecule has 0 spiro atoms. The van der Waals surface area contributed by atoms with Gasteiger partial charge in [-0.25, -0.2) is 0 Å². The van der Waals surface area contributed by atoms with E-state index in [1.165, 1.54) is 5.56 Å².